The highest BCUT2D eigenvalue weighted by Gasteiger charge is 2.44. The molecule has 1 aliphatic rings. The predicted octanol–water partition coefficient (Wildman–Crippen LogP) is 11.8. The number of ether oxygens (including phenoxy) is 4. The molecule has 1 heterocycles. The first-order valence-corrected chi connectivity index (χ1v) is 24.9. The van der Waals surface area contributed by atoms with Gasteiger partial charge in [0, 0.05) is 13.0 Å². The summed E-state index contributed by atoms with van der Waals surface area (Å²) in [5.74, 6) is -0.314. The van der Waals surface area contributed by atoms with Crippen molar-refractivity contribution in [3.05, 3.63) is 24.3 Å². The number of carbonyl (C=O) groups excluding carboxylic acids is 1. The topological polar surface area (TPSA) is 135 Å². The standard InChI is InChI=1S/C50H94O9/c1-3-5-7-9-11-13-15-17-19-21-22-23-25-27-29-31-33-35-37-39-46(52)58-44(43-57-50-49(55)48(54)47(53)45(41-51)59-50)42-56-40-38-36-34-32-30-28-26-24-20-18-16-14-12-10-8-6-4-2/h11,13,17,19,44-45,47-51,53-55H,3-10,12,14-16,18,20-43H2,1-2H3/b13-11-,19-17-. The molecule has 0 aromatic heterocycles. The Bertz CT molecular complexity index is 957. The Morgan fingerprint density at radius 2 is 0.983 bits per heavy atom. The van der Waals surface area contributed by atoms with E-state index in [1.165, 1.54) is 167 Å². The van der Waals surface area contributed by atoms with Crippen LogP contribution in [0.15, 0.2) is 24.3 Å². The third-order valence-corrected chi connectivity index (χ3v) is 11.6. The number of unbranched alkanes of at least 4 members (excludes halogenated alkanes) is 28. The average molecular weight is 839 g/mol. The van der Waals surface area contributed by atoms with Gasteiger partial charge in [-0.1, -0.05) is 199 Å². The maximum Gasteiger partial charge on any atom is 0.306 e. The largest absolute Gasteiger partial charge is 0.457 e. The van der Waals surface area contributed by atoms with E-state index >= 15 is 0 Å². The van der Waals surface area contributed by atoms with Crippen molar-refractivity contribution in [2.24, 2.45) is 0 Å². The van der Waals surface area contributed by atoms with Crippen molar-refractivity contribution < 1.29 is 44.2 Å². The SMILES string of the molecule is CCCCC/C=C\C/C=C\CCCCCCCCCCCC(=O)OC(COCCCCCCCCCCCCCCCCCCC)COC1OC(CO)C(O)C(O)C1O. The summed E-state index contributed by atoms with van der Waals surface area (Å²) in [6.07, 6.45) is 42.0. The lowest BCUT2D eigenvalue weighted by Gasteiger charge is -2.39. The first-order chi connectivity index (χ1) is 28.9. The lowest BCUT2D eigenvalue weighted by Crippen LogP contribution is -2.59. The average Bonchev–Trinajstić information content (AvgIpc) is 3.24. The lowest BCUT2D eigenvalue weighted by atomic mass is 9.99. The van der Waals surface area contributed by atoms with Gasteiger partial charge in [-0.05, 0) is 44.9 Å². The minimum absolute atomic E-state index is 0.111. The van der Waals surface area contributed by atoms with Crippen molar-refractivity contribution in [3.63, 3.8) is 0 Å². The Labute approximate surface area is 362 Å². The van der Waals surface area contributed by atoms with Crippen LogP contribution >= 0.6 is 0 Å². The Kier molecular flexibility index (Phi) is 39.6. The summed E-state index contributed by atoms with van der Waals surface area (Å²) in [4.78, 5) is 12.8. The van der Waals surface area contributed by atoms with Crippen LogP contribution in [0.25, 0.3) is 0 Å². The number of esters is 1. The van der Waals surface area contributed by atoms with E-state index in [1.807, 2.05) is 0 Å². The molecule has 1 rings (SSSR count). The summed E-state index contributed by atoms with van der Waals surface area (Å²) in [5, 5.41) is 40.2. The van der Waals surface area contributed by atoms with Crippen molar-refractivity contribution in [1.82, 2.24) is 0 Å². The first-order valence-electron chi connectivity index (χ1n) is 24.9. The molecule has 59 heavy (non-hydrogen) atoms. The molecule has 1 saturated heterocycles. The maximum atomic E-state index is 12.8. The van der Waals surface area contributed by atoms with Gasteiger partial charge in [-0.3, -0.25) is 4.79 Å². The number of hydrogen-bond acceptors (Lipinski definition) is 9. The molecule has 0 aliphatic carbocycles. The van der Waals surface area contributed by atoms with Crippen molar-refractivity contribution in [1.29, 1.82) is 0 Å². The van der Waals surface area contributed by atoms with E-state index in [0.29, 0.717) is 13.0 Å². The highest BCUT2D eigenvalue weighted by atomic mass is 16.7. The van der Waals surface area contributed by atoms with Gasteiger partial charge in [0.15, 0.2) is 6.29 Å². The van der Waals surface area contributed by atoms with Gasteiger partial charge >= 0.3 is 5.97 Å². The zero-order valence-electron chi connectivity index (χ0n) is 38.3. The quantitative estimate of drug-likeness (QED) is 0.0269. The molecule has 9 nitrogen and oxygen atoms in total. The molecular formula is C50H94O9. The second-order valence-electron chi connectivity index (χ2n) is 17.3. The lowest BCUT2D eigenvalue weighted by molar-refractivity contribution is -0.305. The number of allylic oxidation sites excluding steroid dienone is 4. The van der Waals surface area contributed by atoms with Crippen LogP contribution < -0.4 is 0 Å². The van der Waals surface area contributed by atoms with Gasteiger partial charge in [-0.2, -0.15) is 0 Å². The highest BCUT2D eigenvalue weighted by Crippen LogP contribution is 2.23. The Morgan fingerprint density at radius 3 is 1.49 bits per heavy atom. The highest BCUT2D eigenvalue weighted by molar-refractivity contribution is 5.69. The molecule has 0 bridgehead atoms. The summed E-state index contributed by atoms with van der Waals surface area (Å²) >= 11 is 0. The van der Waals surface area contributed by atoms with Gasteiger partial charge in [0.05, 0.1) is 19.8 Å². The van der Waals surface area contributed by atoms with Gasteiger partial charge in [0.2, 0.25) is 0 Å². The Balaban J connectivity index is 2.21. The molecule has 6 unspecified atom stereocenters. The molecule has 4 N–H and O–H groups in total. The zero-order valence-corrected chi connectivity index (χ0v) is 38.3. The monoisotopic (exact) mass is 839 g/mol. The van der Waals surface area contributed by atoms with Gasteiger partial charge < -0.3 is 39.4 Å². The van der Waals surface area contributed by atoms with Gasteiger partial charge in [0.1, 0.15) is 30.5 Å². The summed E-state index contributed by atoms with van der Waals surface area (Å²) in [5.41, 5.74) is 0. The van der Waals surface area contributed by atoms with Crippen LogP contribution in [0.5, 0.6) is 0 Å². The Morgan fingerprint density at radius 1 is 0.542 bits per heavy atom. The van der Waals surface area contributed by atoms with Crippen molar-refractivity contribution in [2.75, 3.05) is 26.4 Å². The minimum Gasteiger partial charge on any atom is -0.457 e. The van der Waals surface area contributed by atoms with Crippen molar-refractivity contribution >= 4 is 5.97 Å². The summed E-state index contributed by atoms with van der Waals surface area (Å²) in [6, 6.07) is 0. The molecule has 348 valence electrons. The van der Waals surface area contributed by atoms with E-state index in [1.54, 1.807) is 0 Å². The fraction of sp³-hybridized carbons (Fsp3) is 0.900. The first kappa shape index (κ1) is 55.7. The van der Waals surface area contributed by atoms with Crippen LogP contribution in [-0.2, 0) is 23.7 Å². The summed E-state index contributed by atoms with van der Waals surface area (Å²) in [7, 11) is 0. The number of aliphatic hydroxyl groups is 4. The fourth-order valence-electron chi connectivity index (χ4n) is 7.70. The second kappa shape index (κ2) is 42.0. The fourth-order valence-corrected chi connectivity index (χ4v) is 7.70. The van der Waals surface area contributed by atoms with Gasteiger partial charge in [0.25, 0.3) is 0 Å². The molecule has 0 aromatic rings. The van der Waals surface area contributed by atoms with E-state index in [9.17, 15) is 25.2 Å². The summed E-state index contributed by atoms with van der Waals surface area (Å²) < 4.78 is 22.9. The minimum atomic E-state index is -1.53. The normalized spacial score (nSPS) is 20.3. The maximum absolute atomic E-state index is 12.8. The number of carbonyl (C=O) groups is 1. The van der Waals surface area contributed by atoms with Crippen LogP contribution in [-0.4, -0.2) is 89.6 Å². The van der Waals surface area contributed by atoms with Crippen molar-refractivity contribution in [2.45, 2.75) is 263 Å². The number of rotatable bonds is 43. The van der Waals surface area contributed by atoms with E-state index in [4.69, 9.17) is 18.9 Å². The van der Waals surface area contributed by atoms with E-state index < -0.39 is 43.4 Å². The molecule has 0 radical (unpaired) electrons. The number of aliphatic hydroxyl groups excluding tert-OH is 4. The summed E-state index contributed by atoms with van der Waals surface area (Å²) in [6.45, 7) is 4.57. The van der Waals surface area contributed by atoms with Crippen LogP contribution in [0.3, 0.4) is 0 Å². The molecule has 1 fully saturated rings. The van der Waals surface area contributed by atoms with Crippen LogP contribution in [0, 0.1) is 0 Å². The van der Waals surface area contributed by atoms with Crippen LogP contribution in [0.2, 0.25) is 0 Å². The zero-order chi connectivity index (χ0) is 42.9. The van der Waals surface area contributed by atoms with E-state index in [0.717, 1.165) is 38.5 Å². The van der Waals surface area contributed by atoms with Gasteiger partial charge in [-0.15, -0.1) is 0 Å². The third kappa shape index (κ3) is 33.0. The van der Waals surface area contributed by atoms with E-state index in [-0.39, 0.29) is 19.2 Å². The second-order valence-corrected chi connectivity index (χ2v) is 17.3. The molecule has 0 saturated carbocycles. The predicted molar refractivity (Wildman–Crippen MR) is 242 cm³/mol. The van der Waals surface area contributed by atoms with Crippen molar-refractivity contribution in [3.8, 4) is 0 Å². The Hall–Kier alpha value is -1.33. The molecule has 9 heteroatoms. The number of hydrogen-bond donors (Lipinski definition) is 4. The molecule has 0 aromatic carbocycles. The molecule has 6 atom stereocenters. The van der Waals surface area contributed by atoms with E-state index in [2.05, 4.69) is 38.2 Å². The van der Waals surface area contributed by atoms with Crippen LogP contribution in [0.1, 0.15) is 226 Å². The molecule has 0 spiro atoms. The molecular weight excluding hydrogens is 745 g/mol. The molecule has 1 aliphatic heterocycles. The molecule has 0 amide bonds. The third-order valence-electron chi connectivity index (χ3n) is 11.6. The van der Waals surface area contributed by atoms with Crippen LogP contribution in [0.4, 0.5) is 0 Å². The smallest absolute Gasteiger partial charge is 0.306 e. The van der Waals surface area contributed by atoms with Gasteiger partial charge in [-0.25, -0.2) is 0 Å².